The van der Waals surface area contributed by atoms with Crippen molar-refractivity contribution in [1.29, 1.82) is 0 Å². The molecule has 0 aliphatic carbocycles. The second-order valence-electron chi connectivity index (χ2n) is 7.33. The van der Waals surface area contributed by atoms with E-state index in [9.17, 15) is 4.79 Å². The monoisotopic (exact) mass is 330 g/mol. The summed E-state index contributed by atoms with van der Waals surface area (Å²) < 4.78 is 5.25. The molecule has 1 amide bonds. The molecule has 0 N–H and O–H groups in total. The van der Waals surface area contributed by atoms with Gasteiger partial charge in [0, 0.05) is 18.1 Å². The minimum absolute atomic E-state index is 0.301. The Bertz CT molecular complexity index is 547. The lowest BCUT2D eigenvalue weighted by Crippen LogP contribution is -2.51. The highest BCUT2D eigenvalue weighted by Crippen LogP contribution is 2.33. The number of amides is 1. The van der Waals surface area contributed by atoms with Crippen LogP contribution in [0.3, 0.4) is 0 Å². The van der Waals surface area contributed by atoms with E-state index in [0.29, 0.717) is 30.6 Å². The van der Waals surface area contributed by atoms with Crippen molar-refractivity contribution in [3.8, 4) is 5.75 Å². The minimum Gasteiger partial charge on any atom is -0.497 e. The van der Waals surface area contributed by atoms with Gasteiger partial charge in [-0.25, -0.2) is 0 Å². The Balaban J connectivity index is 1.67. The number of methoxy groups -OCH3 is 1. The number of benzene rings is 1. The molecular weight excluding hydrogens is 300 g/mol. The molecule has 0 unspecified atom stereocenters. The quantitative estimate of drug-likeness (QED) is 0.845. The molecular formula is C20H30N2O2. The summed E-state index contributed by atoms with van der Waals surface area (Å²) in [7, 11) is 1.69. The molecule has 0 saturated carbocycles. The molecule has 1 aromatic carbocycles. The van der Waals surface area contributed by atoms with Gasteiger partial charge in [-0.1, -0.05) is 12.1 Å². The van der Waals surface area contributed by atoms with E-state index in [0.717, 1.165) is 38.0 Å². The van der Waals surface area contributed by atoms with Crippen molar-refractivity contribution in [3.05, 3.63) is 29.8 Å². The standard InChI is InChI=1S/C20H30N2O2/c1-15-6-4-7-16(2)22(15)20(23)14-21-13-5-8-19(21)17-9-11-18(24-3)12-10-17/h9-12,15-16,19H,4-8,13-14H2,1-3H3/t15-,16-,19+/m1/s1. The Morgan fingerprint density at radius 1 is 1.08 bits per heavy atom. The molecule has 3 atom stereocenters. The van der Waals surface area contributed by atoms with E-state index in [2.05, 4.69) is 35.8 Å². The van der Waals surface area contributed by atoms with E-state index in [1.165, 1.54) is 12.0 Å². The number of piperidine rings is 1. The van der Waals surface area contributed by atoms with Crippen molar-refractivity contribution < 1.29 is 9.53 Å². The Hall–Kier alpha value is -1.55. The number of likely N-dealkylation sites (tertiary alicyclic amines) is 2. The predicted molar refractivity (Wildman–Crippen MR) is 96.2 cm³/mol. The number of nitrogens with zero attached hydrogens (tertiary/aromatic N) is 2. The fourth-order valence-electron chi connectivity index (χ4n) is 4.39. The lowest BCUT2D eigenvalue weighted by Gasteiger charge is -2.40. The van der Waals surface area contributed by atoms with Gasteiger partial charge in [-0.3, -0.25) is 9.69 Å². The first-order valence-corrected chi connectivity index (χ1v) is 9.29. The molecule has 1 aromatic rings. The van der Waals surface area contributed by atoms with Crippen molar-refractivity contribution in [2.24, 2.45) is 0 Å². The average molecular weight is 330 g/mol. The number of hydrogen-bond acceptors (Lipinski definition) is 3. The maximum Gasteiger partial charge on any atom is 0.237 e. The lowest BCUT2D eigenvalue weighted by atomic mass is 9.97. The predicted octanol–water partition coefficient (Wildman–Crippen LogP) is 3.62. The van der Waals surface area contributed by atoms with Crippen LogP contribution in [0.2, 0.25) is 0 Å². The van der Waals surface area contributed by atoms with E-state index < -0.39 is 0 Å². The van der Waals surface area contributed by atoms with E-state index in [1.54, 1.807) is 7.11 Å². The van der Waals surface area contributed by atoms with Gasteiger partial charge in [0.2, 0.25) is 5.91 Å². The largest absolute Gasteiger partial charge is 0.497 e. The van der Waals surface area contributed by atoms with Crippen LogP contribution in [-0.2, 0) is 4.79 Å². The summed E-state index contributed by atoms with van der Waals surface area (Å²) in [6, 6.07) is 9.42. The fraction of sp³-hybridized carbons (Fsp3) is 0.650. The van der Waals surface area contributed by atoms with E-state index in [1.807, 2.05) is 12.1 Å². The zero-order valence-electron chi connectivity index (χ0n) is 15.2. The van der Waals surface area contributed by atoms with Gasteiger partial charge in [-0.15, -0.1) is 0 Å². The highest BCUT2D eigenvalue weighted by atomic mass is 16.5. The van der Waals surface area contributed by atoms with Crippen LogP contribution in [0.15, 0.2) is 24.3 Å². The third kappa shape index (κ3) is 3.59. The summed E-state index contributed by atoms with van der Waals surface area (Å²) in [5, 5.41) is 0. The summed E-state index contributed by atoms with van der Waals surface area (Å²) in [4.78, 5) is 17.4. The maximum atomic E-state index is 12.9. The van der Waals surface area contributed by atoms with Gasteiger partial charge in [0.25, 0.3) is 0 Å². The maximum absolute atomic E-state index is 12.9. The summed E-state index contributed by atoms with van der Waals surface area (Å²) in [5.74, 6) is 1.19. The molecule has 0 radical (unpaired) electrons. The Morgan fingerprint density at radius 2 is 1.75 bits per heavy atom. The molecule has 4 nitrogen and oxygen atoms in total. The zero-order chi connectivity index (χ0) is 17.1. The molecule has 2 aliphatic rings. The first kappa shape index (κ1) is 17.3. The summed E-state index contributed by atoms with van der Waals surface area (Å²) in [6.45, 7) is 5.95. The molecule has 0 aromatic heterocycles. The Kier molecular flexibility index (Phi) is 5.44. The van der Waals surface area contributed by atoms with Crippen LogP contribution in [0.5, 0.6) is 5.75 Å². The van der Waals surface area contributed by atoms with Crippen LogP contribution in [0.25, 0.3) is 0 Å². The number of ether oxygens (including phenoxy) is 1. The molecule has 3 rings (SSSR count). The van der Waals surface area contributed by atoms with Crippen molar-refractivity contribution in [1.82, 2.24) is 9.80 Å². The van der Waals surface area contributed by atoms with Gasteiger partial charge in [0.15, 0.2) is 0 Å². The van der Waals surface area contributed by atoms with Crippen LogP contribution in [0.4, 0.5) is 0 Å². The highest BCUT2D eigenvalue weighted by molar-refractivity contribution is 5.79. The number of carbonyl (C=O) groups is 1. The van der Waals surface area contributed by atoms with Gasteiger partial charge in [-0.2, -0.15) is 0 Å². The number of hydrogen-bond donors (Lipinski definition) is 0. The zero-order valence-corrected chi connectivity index (χ0v) is 15.2. The van der Waals surface area contributed by atoms with Crippen molar-refractivity contribution >= 4 is 5.91 Å². The molecule has 2 saturated heterocycles. The molecule has 2 aliphatic heterocycles. The van der Waals surface area contributed by atoms with E-state index >= 15 is 0 Å². The van der Waals surface area contributed by atoms with Crippen LogP contribution < -0.4 is 4.74 Å². The smallest absolute Gasteiger partial charge is 0.237 e. The SMILES string of the molecule is COc1ccc([C@@H]2CCCN2CC(=O)N2[C@H](C)CCC[C@H]2C)cc1. The number of carbonyl (C=O) groups excluding carboxylic acids is 1. The molecule has 132 valence electrons. The van der Waals surface area contributed by atoms with Gasteiger partial charge in [-0.05, 0) is 70.2 Å². The summed E-state index contributed by atoms with van der Waals surface area (Å²) in [6.07, 6.45) is 5.81. The van der Waals surface area contributed by atoms with Crippen molar-refractivity contribution in [2.45, 2.75) is 64.1 Å². The Morgan fingerprint density at radius 3 is 2.38 bits per heavy atom. The third-order valence-electron chi connectivity index (χ3n) is 5.68. The second-order valence-corrected chi connectivity index (χ2v) is 7.33. The van der Waals surface area contributed by atoms with Gasteiger partial charge < -0.3 is 9.64 Å². The fourth-order valence-corrected chi connectivity index (χ4v) is 4.39. The first-order valence-electron chi connectivity index (χ1n) is 9.29. The molecule has 24 heavy (non-hydrogen) atoms. The third-order valence-corrected chi connectivity index (χ3v) is 5.68. The van der Waals surface area contributed by atoms with Crippen LogP contribution in [0.1, 0.15) is 57.6 Å². The highest BCUT2D eigenvalue weighted by Gasteiger charge is 2.33. The lowest BCUT2D eigenvalue weighted by molar-refractivity contribution is -0.138. The van der Waals surface area contributed by atoms with Crippen LogP contribution in [0, 0.1) is 0 Å². The van der Waals surface area contributed by atoms with Crippen LogP contribution >= 0.6 is 0 Å². The average Bonchev–Trinajstić information content (AvgIpc) is 3.03. The van der Waals surface area contributed by atoms with Gasteiger partial charge in [0.1, 0.15) is 5.75 Å². The molecule has 2 heterocycles. The minimum atomic E-state index is 0.301. The molecule has 0 bridgehead atoms. The Labute approximate surface area is 145 Å². The molecule has 4 heteroatoms. The van der Waals surface area contributed by atoms with E-state index in [-0.39, 0.29) is 0 Å². The topological polar surface area (TPSA) is 32.8 Å². The van der Waals surface area contributed by atoms with Gasteiger partial charge in [0.05, 0.1) is 13.7 Å². The molecule has 2 fully saturated rings. The van der Waals surface area contributed by atoms with Gasteiger partial charge >= 0.3 is 0 Å². The van der Waals surface area contributed by atoms with E-state index in [4.69, 9.17) is 4.74 Å². The second kappa shape index (κ2) is 7.56. The first-order chi connectivity index (χ1) is 11.6. The summed E-state index contributed by atoms with van der Waals surface area (Å²) in [5.41, 5.74) is 1.29. The molecule has 0 spiro atoms. The summed E-state index contributed by atoms with van der Waals surface area (Å²) >= 11 is 0. The van der Waals surface area contributed by atoms with Crippen LogP contribution in [-0.4, -0.2) is 48.0 Å². The number of rotatable bonds is 4. The normalized spacial score (nSPS) is 28.1. The van der Waals surface area contributed by atoms with Crippen molar-refractivity contribution in [3.63, 3.8) is 0 Å². The van der Waals surface area contributed by atoms with Crippen molar-refractivity contribution in [2.75, 3.05) is 20.2 Å².